The number of benzene rings is 1. The van der Waals surface area contributed by atoms with E-state index in [4.69, 9.17) is 4.84 Å². The van der Waals surface area contributed by atoms with Crippen LogP contribution in [-0.2, 0) is 4.84 Å². The lowest BCUT2D eigenvalue weighted by Crippen LogP contribution is -2.34. The maximum Gasteiger partial charge on any atom is 0.307 e. The van der Waals surface area contributed by atoms with Crippen LogP contribution in [0.2, 0.25) is 0 Å². The SMILES string of the molecule is CC(C)(C)ONC(=O)c1cc(F)c([N+](=O)[O-])cc1F. The Hall–Kier alpha value is -2.09. The predicted octanol–water partition coefficient (Wildman–Crippen LogP) is 2.33. The van der Waals surface area contributed by atoms with E-state index in [0.29, 0.717) is 12.1 Å². The van der Waals surface area contributed by atoms with E-state index in [9.17, 15) is 23.7 Å². The average molecular weight is 274 g/mol. The average Bonchev–Trinajstić information content (AvgIpc) is 2.27. The number of nitro benzene ring substituents is 1. The fourth-order valence-electron chi connectivity index (χ4n) is 1.10. The highest BCUT2D eigenvalue weighted by Gasteiger charge is 2.23. The van der Waals surface area contributed by atoms with Crippen LogP contribution in [0.25, 0.3) is 0 Å². The molecule has 1 aromatic rings. The summed E-state index contributed by atoms with van der Waals surface area (Å²) in [4.78, 5) is 25.7. The summed E-state index contributed by atoms with van der Waals surface area (Å²) in [5.74, 6) is -3.53. The minimum atomic E-state index is -1.30. The second-order valence-corrected chi connectivity index (χ2v) is 4.69. The molecular weight excluding hydrogens is 262 g/mol. The fraction of sp³-hybridized carbons (Fsp3) is 0.364. The number of hydrogen-bond donors (Lipinski definition) is 1. The predicted molar refractivity (Wildman–Crippen MR) is 61.3 cm³/mol. The normalized spacial score (nSPS) is 11.2. The zero-order valence-corrected chi connectivity index (χ0v) is 10.5. The van der Waals surface area contributed by atoms with Gasteiger partial charge in [-0.1, -0.05) is 0 Å². The molecule has 0 unspecified atom stereocenters. The molecule has 0 saturated carbocycles. The van der Waals surface area contributed by atoms with Crippen molar-refractivity contribution in [1.82, 2.24) is 5.48 Å². The van der Waals surface area contributed by atoms with Crippen molar-refractivity contribution >= 4 is 11.6 Å². The molecule has 6 nitrogen and oxygen atoms in total. The molecular formula is C11H12F2N2O4. The van der Waals surface area contributed by atoms with Crippen molar-refractivity contribution in [2.45, 2.75) is 26.4 Å². The van der Waals surface area contributed by atoms with E-state index < -0.39 is 39.3 Å². The van der Waals surface area contributed by atoms with Crippen molar-refractivity contribution in [3.63, 3.8) is 0 Å². The number of nitrogens with zero attached hydrogens (tertiary/aromatic N) is 1. The molecule has 0 fully saturated rings. The minimum Gasteiger partial charge on any atom is -0.268 e. The van der Waals surface area contributed by atoms with Gasteiger partial charge < -0.3 is 0 Å². The number of amides is 1. The maximum atomic E-state index is 13.5. The Balaban J connectivity index is 2.99. The Bertz CT molecular complexity index is 526. The molecule has 0 aliphatic carbocycles. The van der Waals surface area contributed by atoms with Gasteiger partial charge in [-0.2, -0.15) is 4.39 Å². The van der Waals surface area contributed by atoms with Crippen molar-refractivity contribution in [3.05, 3.63) is 39.4 Å². The Kier molecular flexibility index (Phi) is 4.15. The van der Waals surface area contributed by atoms with Crippen molar-refractivity contribution in [3.8, 4) is 0 Å². The van der Waals surface area contributed by atoms with Crippen molar-refractivity contribution in [2.75, 3.05) is 0 Å². The maximum absolute atomic E-state index is 13.5. The molecule has 0 aliphatic heterocycles. The van der Waals surface area contributed by atoms with Crippen molar-refractivity contribution < 1.29 is 23.3 Å². The molecule has 0 spiro atoms. The minimum absolute atomic E-state index is 0.349. The van der Waals surface area contributed by atoms with Crippen LogP contribution in [0.3, 0.4) is 0 Å². The van der Waals surface area contributed by atoms with Gasteiger partial charge in [-0.25, -0.2) is 9.87 Å². The van der Waals surface area contributed by atoms with Crippen LogP contribution in [0.1, 0.15) is 31.1 Å². The van der Waals surface area contributed by atoms with E-state index in [1.807, 2.05) is 5.48 Å². The van der Waals surface area contributed by atoms with Gasteiger partial charge in [-0.05, 0) is 26.8 Å². The molecule has 0 aliphatic rings. The summed E-state index contributed by atoms with van der Waals surface area (Å²) in [5.41, 5.74) is -0.487. The largest absolute Gasteiger partial charge is 0.307 e. The summed E-state index contributed by atoms with van der Waals surface area (Å²) < 4.78 is 26.8. The first-order chi connectivity index (χ1) is 8.61. The fourth-order valence-corrected chi connectivity index (χ4v) is 1.10. The quantitative estimate of drug-likeness (QED) is 0.677. The van der Waals surface area contributed by atoms with Gasteiger partial charge in [0.1, 0.15) is 5.82 Å². The van der Waals surface area contributed by atoms with Gasteiger partial charge in [0.25, 0.3) is 5.91 Å². The van der Waals surface area contributed by atoms with Crippen LogP contribution in [0.15, 0.2) is 12.1 Å². The first kappa shape index (κ1) is 15.0. The summed E-state index contributed by atoms with van der Waals surface area (Å²) in [6, 6.07) is 0.802. The molecule has 0 saturated heterocycles. The number of carbonyl (C=O) groups is 1. The van der Waals surface area contributed by atoms with Crippen LogP contribution >= 0.6 is 0 Å². The lowest BCUT2D eigenvalue weighted by Gasteiger charge is -2.19. The highest BCUT2D eigenvalue weighted by molar-refractivity contribution is 5.94. The molecule has 0 radical (unpaired) electrons. The lowest BCUT2D eigenvalue weighted by atomic mass is 10.1. The summed E-state index contributed by atoms with van der Waals surface area (Å²) >= 11 is 0. The molecule has 0 bridgehead atoms. The number of nitro groups is 1. The topological polar surface area (TPSA) is 81.5 Å². The molecule has 1 amide bonds. The number of hydrogen-bond acceptors (Lipinski definition) is 4. The van der Waals surface area contributed by atoms with E-state index in [1.165, 1.54) is 0 Å². The molecule has 1 aromatic carbocycles. The van der Waals surface area contributed by atoms with Crippen LogP contribution in [0.5, 0.6) is 0 Å². The van der Waals surface area contributed by atoms with Gasteiger partial charge in [-0.15, -0.1) is 0 Å². The molecule has 104 valence electrons. The molecule has 1 N–H and O–H groups in total. The molecule has 1 rings (SSSR count). The van der Waals surface area contributed by atoms with E-state index >= 15 is 0 Å². The molecule has 0 aromatic heterocycles. The third kappa shape index (κ3) is 3.95. The number of nitrogens with one attached hydrogen (secondary N) is 1. The Morgan fingerprint density at radius 1 is 1.32 bits per heavy atom. The summed E-state index contributed by atoms with van der Waals surface area (Å²) in [6.07, 6.45) is 0. The van der Waals surface area contributed by atoms with Crippen LogP contribution in [0, 0.1) is 21.7 Å². The van der Waals surface area contributed by atoms with Gasteiger partial charge in [0, 0.05) is 0 Å². The van der Waals surface area contributed by atoms with Crippen LogP contribution < -0.4 is 5.48 Å². The van der Waals surface area contributed by atoms with Gasteiger partial charge >= 0.3 is 5.69 Å². The van der Waals surface area contributed by atoms with Gasteiger partial charge in [0.05, 0.1) is 22.2 Å². The third-order valence-corrected chi connectivity index (χ3v) is 1.93. The monoisotopic (exact) mass is 274 g/mol. The Morgan fingerprint density at radius 2 is 1.89 bits per heavy atom. The molecule has 19 heavy (non-hydrogen) atoms. The van der Waals surface area contributed by atoms with Gasteiger partial charge in [-0.3, -0.25) is 19.7 Å². The van der Waals surface area contributed by atoms with Gasteiger partial charge in [0.15, 0.2) is 0 Å². The first-order valence-corrected chi connectivity index (χ1v) is 5.23. The highest BCUT2D eigenvalue weighted by Crippen LogP contribution is 2.21. The first-order valence-electron chi connectivity index (χ1n) is 5.23. The zero-order valence-electron chi connectivity index (χ0n) is 10.5. The number of hydroxylamine groups is 1. The lowest BCUT2D eigenvalue weighted by molar-refractivity contribution is -0.387. The summed E-state index contributed by atoms with van der Waals surface area (Å²) in [5, 5.41) is 10.4. The van der Waals surface area contributed by atoms with E-state index in [2.05, 4.69) is 0 Å². The summed E-state index contributed by atoms with van der Waals surface area (Å²) in [7, 11) is 0. The van der Waals surface area contributed by atoms with Crippen molar-refractivity contribution in [2.24, 2.45) is 0 Å². The highest BCUT2D eigenvalue weighted by atomic mass is 19.1. The van der Waals surface area contributed by atoms with E-state index in [-0.39, 0.29) is 0 Å². The zero-order chi connectivity index (χ0) is 14.8. The summed E-state index contributed by atoms with van der Waals surface area (Å²) in [6.45, 7) is 4.92. The Labute approximate surface area is 107 Å². The van der Waals surface area contributed by atoms with Crippen LogP contribution in [-0.4, -0.2) is 16.4 Å². The van der Waals surface area contributed by atoms with Crippen molar-refractivity contribution in [1.29, 1.82) is 0 Å². The second kappa shape index (κ2) is 5.27. The number of rotatable bonds is 3. The number of halogens is 2. The van der Waals surface area contributed by atoms with E-state index in [1.54, 1.807) is 20.8 Å². The standard InChI is InChI=1S/C11H12F2N2O4/c1-11(2,3)19-14-10(16)6-4-8(13)9(15(17)18)5-7(6)12/h4-5H,1-3H3,(H,14,16). The Morgan fingerprint density at radius 3 is 2.37 bits per heavy atom. The molecule has 8 heteroatoms. The third-order valence-electron chi connectivity index (χ3n) is 1.93. The molecule has 0 heterocycles. The van der Waals surface area contributed by atoms with Gasteiger partial charge in [0.2, 0.25) is 5.82 Å². The molecule has 0 atom stereocenters. The second-order valence-electron chi connectivity index (χ2n) is 4.69. The van der Waals surface area contributed by atoms with Crippen LogP contribution in [0.4, 0.5) is 14.5 Å². The number of carbonyl (C=O) groups excluding carboxylic acids is 1. The van der Waals surface area contributed by atoms with E-state index in [0.717, 1.165) is 0 Å². The smallest absolute Gasteiger partial charge is 0.268 e.